The van der Waals surface area contributed by atoms with Gasteiger partial charge in [-0.1, -0.05) is 30.3 Å². The Morgan fingerprint density at radius 1 is 1.14 bits per heavy atom. The van der Waals surface area contributed by atoms with Gasteiger partial charge in [0.1, 0.15) is 0 Å². The monoisotopic (exact) mass is 312 g/mol. The smallest absolute Gasteiger partial charge is 0.315 e. The molecule has 1 aromatic carbocycles. The van der Waals surface area contributed by atoms with Gasteiger partial charge >= 0.3 is 5.91 Å². The third-order valence-electron chi connectivity index (χ3n) is 3.00. The van der Waals surface area contributed by atoms with E-state index in [1.54, 1.807) is 40.4 Å². The number of amides is 1. The summed E-state index contributed by atoms with van der Waals surface area (Å²) in [5, 5.41) is 1.78. The molecule has 0 saturated heterocycles. The van der Waals surface area contributed by atoms with Crippen LogP contribution in [-0.2, 0) is 6.54 Å². The number of carbonyl (C=O) groups excluding carboxylic acids is 2. The molecule has 0 fully saturated rings. The Balaban J connectivity index is 1.84. The first-order valence-electron chi connectivity index (χ1n) is 6.59. The third kappa shape index (κ3) is 3.12. The molecule has 0 bridgehead atoms. The molecule has 0 radical (unpaired) electrons. The molecule has 2 heterocycles. The summed E-state index contributed by atoms with van der Waals surface area (Å²) in [4.78, 5) is 28.6. The fraction of sp³-hybridized carbons (Fsp3) is 0.0625. The van der Waals surface area contributed by atoms with Crippen molar-refractivity contribution >= 4 is 23.0 Å². The Kier molecular flexibility index (Phi) is 4.11. The summed E-state index contributed by atoms with van der Waals surface area (Å²) < 4.78 is 6.67. The number of Topliss-reactive ketones (excluding diaryl/α,β-unsaturated/α-hetero) is 1. The van der Waals surface area contributed by atoms with Crippen LogP contribution in [-0.4, -0.2) is 16.3 Å². The fourth-order valence-electron chi connectivity index (χ4n) is 1.92. The third-order valence-corrected chi connectivity index (χ3v) is 3.79. The van der Waals surface area contributed by atoms with Crippen molar-refractivity contribution < 1.29 is 14.0 Å². The number of ketones is 1. The number of hydrogen-bond acceptors (Lipinski definition) is 4. The Morgan fingerprint density at radius 2 is 1.95 bits per heavy atom. The molecule has 5 nitrogen and oxygen atoms in total. The summed E-state index contributed by atoms with van der Waals surface area (Å²) in [5.74, 6) is -0.325. The Morgan fingerprint density at radius 3 is 2.68 bits per heavy atom. The molecule has 0 aliphatic carbocycles. The van der Waals surface area contributed by atoms with E-state index in [9.17, 15) is 9.59 Å². The zero-order valence-corrected chi connectivity index (χ0v) is 12.3. The molecule has 0 aliphatic heterocycles. The topological polar surface area (TPSA) is 64.6 Å². The van der Waals surface area contributed by atoms with E-state index in [0.717, 1.165) is 0 Å². The van der Waals surface area contributed by atoms with Crippen LogP contribution < -0.4 is 4.80 Å². The van der Waals surface area contributed by atoms with Gasteiger partial charge in [-0.2, -0.15) is 4.99 Å². The highest BCUT2D eigenvalue weighted by Crippen LogP contribution is 2.04. The van der Waals surface area contributed by atoms with E-state index >= 15 is 0 Å². The molecule has 0 spiro atoms. The van der Waals surface area contributed by atoms with Crippen LogP contribution in [0.1, 0.15) is 20.9 Å². The quantitative estimate of drug-likeness (QED) is 0.696. The van der Waals surface area contributed by atoms with Gasteiger partial charge < -0.3 is 8.98 Å². The van der Waals surface area contributed by atoms with Crippen LogP contribution in [0.2, 0.25) is 0 Å². The number of furan rings is 1. The van der Waals surface area contributed by atoms with E-state index in [4.69, 9.17) is 4.42 Å². The molecule has 0 aliphatic rings. The van der Waals surface area contributed by atoms with Gasteiger partial charge in [-0.05, 0) is 12.1 Å². The van der Waals surface area contributed by atoms with Crippen LogP contribution in [0.5, 0.6) is 0 Å². The van der Waals surface area contributed by atoms with Crippen molar-refractivity contribution in [3.8, 4) is 0 Å². The molecule has 3 rings (SSSR count). The zero-order valence-electron chi connectivity index (χ0n) is 11.5. The summed E-state index contributed by atoms with van der Waals surface area (Å²) in [6.45, 7) is 0.137. The fourth-order valence-corrected chi connectivity index (χ4v) is 2.65. The number of rotatable bonds is 4. The van der Waals surface area contributed by atoms with Gasteiger partial charge in [0, 0.05) is 17.1 Å². The summed E-state index contributed by atoms with van der Waals surface area (Å²) in [6, 6.07) is 12.2. The predicted octanol–water partition coefficient (Wildman–Crippen LogP) is 2.77. The van der Waals surface area contributed by atoms with Gasteiger partial charge in [0.15, 0.2) is 16.3 Å². The minimum Gasteiger partial charge on any atom is -0.459 e. The average molecular weight is 312 g/mol. The molecule has 0 saturated carbocycles. The number of hydrogen-bond donors (Lipinski definition) is 0. The second-order valence-corrected chi connectivity index (χ2v) is 5.37. The normalized spacial score (nSPS) is 11.5. The van der Waals surface area contributed by atoms with Gasteiger partial charge in [0.2, 0.25) is 0 Å². The predicted molar refractivity (Wildman–Crippen MR) is 81.7 cm³/mol. The molecule has 0 unspecified atom stereocenters. The van der Waals surface area contributed by atoms with Crippen molar-refractivity contribution in [1.29, 1.82) is 0 Å². The maximum Gasteiger partial charge on any atom is 0.315 e. The van der Waals surface area contributed by atoms with E-state index in [2.05, 4.69) is 4.99 Å². The Hall–Kier alpha value is -2.73. The van der Waals surface area contributed by atoms with Crippen molar-refractivity contribution in [2.45, 2.75) is 6.54 Å². The maximum absolute atomic E-state index is 12.2. The lowest BCUT2D eigenvalue weighted by Crippen LogP contribution is -2.21. The molecular weight excluding hydrogens is 300 g/mol. The van der Waals surface area contributed by atoms with Crippen LogP contribution in [0, 0.1) is 0 Å². The van der Waals surface area contributed by atoms with Crippen molar-refractivity contribution in [2.75, 3.05) is 0 Å². The molecule has 0 atom stereocenters. The number of benzene rings is 1. The SMILES string of the molecule is O=C(Cn1ccsc1=NC(=O)c1ccco1)c1ccccc1. The zero-order chi connectivity index (χ0) is 15.4. The van der Waals surface area contributed by atoms with Crippen molar-refractivity contribution in [2.24, 2.45) is 4.99 Å². The lowest BCUT2D eigenvalue weighted by atomic mass is 10.1. The highest BCUT2D eigenvalue weighted by molar-refractivity contribution is 7.07. The average Bonchev–Trinajstić information content (AvgIpc) is 3.20. The number of carbonyl (C=O) groups is 2. The lowest BCUT2D eigenvalue weighted by Gasteiger charge is -2.02. The van der Waals surface area contributed by atoms with Crippen LogP contribution in [0.15, 0.2) is 69.7 Å². The van der Waals surface area contributed by atoms with Crippen molar-refractivity contribution in [3.63, 3.8) is 0 Å². The Labute approximate surface area is 130 Å². The highest BCUT2D eigenvalue weighted by atomic mass is 32.1. The first kappa shape index (κ1) is 14.2. The van der Waals surface area contributed by atoms with Crippen LogP contribution in [0.25, 0.3) is 0 Å². The van der Waals surface area contributed by atoms with Crippen LogP contribution in [0.3, 0.4) is 0 Å². The highest BCUT2D eigenvalue weighted by Gasteiger charge is 2.10. The molecule has 3 aromatic rings. The molecule has 2 aromatic heterocycles. The molecule has 22 heavy (non-hydrogen) atoms. The summed E-state index contributed by atoms with van der Waals surface area (Å²) in [5.41, 5.74) is 0.629. The van der Waals surface area contributed by atoms with E-state index in [-0.39, 0.29) is 18.1 Å². The summed E-state index contributed by atoms with van der Waals surface area (Å²) >= 11 is 1.29. The summed E-state index contributed by atoms with van der Waals surface area (Å²) in [6.07, 6.45) is 3.16. The number of aromatic nitrogens is 1. The first-order chi connectivity index (χ1) is 10.7. The van der Waals surface area contributed by atoms with Gasteiger partial charge in [-0.15, -0.1) is 11.3 Å². The van der Waals surface area contributed by atoms with E-state index in [1.165, 1.54) is 17.6 Å². The van der Waals surface area contributed by atoms with E-state index < -0.39 is 5.91 Å². The van der Waals surface area contributed by atoms with Crippen LogP contribution in [0.4, 0.5) is 0 Å². The molecule has 0 N–H and O–H groups in total. The lowest BCUT2D eigenvalue weighted by molar-refractivity contribution is 0.0954. The van der Waals surface area contributed by atoms with Gasteiger partial charge in [0.05, 0.1) is 12.8 Å². The molecule has 6 heteroatoms. The van der Waals surface area contributed by atoms with Gasteiger partial charge in [-0.3, -0.25) is 9.59 Å². The second kappa shape index (κ2) is 6.36. The minimum atomic E-state index is -0.464. The minimum absolute atomic E-state index is 0.0362. The largest absolute Gasteiger partial charge is 0.459 e. The molecule has 110 valence electrons. The Bertz CT molecular complexity index is 845. The number of thiazole rings is 1. The first-order valence-corrected chi connectivity index (χ1v) is 7.47. The molecular formula is C16H12N2O3S. The van der Waals surface area contributed by atoms with E-state index in [1.807, 2.05) is 18.2 Å². The number of nitrogens with zero attached hydrogens (tertiary/aromatic N) is 2. The maximum atomic E-state index is 12.2. The second-order valence-electron chi connectivity index (χ2n) is 4.50. The summed E-state index contributed by atoms with van der Waals surface area (Å²) in [7, 11) is 0. The molecule has 1 amide bonds. The standard InChI is InChI=1S/C16H12N2O3S/c19-13(12-5-2-1-3-6-12)11-18-8-10-22-16(18)17-15(20)14-7-4-9-21-14/h1-10H,11H2. The van der Waals surface area contributed by atoms with Crippen molar-refractivity contribution in [1.82, 2.24) is 4.57 Å². The van der Waals surface area contributed by atoms with Gasteiger partial charge in [-0.25, -0.2) is 0 Å². The van der Waals surface area contributed by atoms with E-state index in [0.29, 0.717) is 10.4 Å². The van der Waals surface area contributed by atoms with Crippen LogP contribution >= 0.6 is 11.3 Å². The van der Waals surface area contributed by atoms with Crippen molar-refractivity contribution in [3.05, 3.63) is 76.4 Å². The van der Waals surface area contributed by atoms with Gasteiger partial charge in [0.25, 0.3) is 0 Å².